The number of hydrogen-bond donors (Lipinski definition) is 5. The molecule has 6 rings (SSSR count). The van der Waals surface area contributed by atoms with E-state index in [4.69, 9.17) is 9.47 Å². The molecule has 0 amide bonds. The van der Waals surface area contributed by atoms with E-state index >= 15 is 0 Å². The number of unbranched alkanes of at least 4 members (excludes halogenated alkanes) is 2. The Morgan fingerprint density at radius 2 is 1.31 bits per heavy atom. The average Bonchev–Trinajstić information content (AvgIpc) is 3.63. The Morgan fingerprint density at radius 1 is 0.690 bits per heavy atom. The lowest BCUT2D eigenvalue weighted by molar-refractivity contribution is -0.438. The van der Waals surface area contributed by atoms with Crippen molar-refractivity contribution in [1.82, 2.24) is 0 Å². The number of allylic oxidation sites excluding steroid dienone is 8. The third-order valence-electron chi connectivity index (χ3n) is 13.0. The minimum absolute atomic E-state index is 0.0406. The van der Waals surface area contributed by atoms with Gasteiger partial charge in [-0.1, -0.05) is 42.5 Å². The Labute approximate surface area is 414 Å². The molecule has 1 unspecified atom stereocenters. The van der Waals surface area contributed by atoms with Gasteiger partial charge < -0.3 is 19.5 Å². The second-order valence-corrected chi connectivity index (χ2v) is 24.0. The molecule has 5 N–H and O–H groups in total. The number of ether oxygens (including phenoxy) is 2. The molecule has 0 fully saturated rings. The van der Waals surface area contributed by atoms with Gasteiger partial charge in [-0.3, -0.25) is 23.0 Å². The van der Waals surface area contributed by atoms with Gasteiger partial charge in [0.15, 0.2) is 5.71 Å². The van der Waals surface area contributed by atoms with Gasteiger partial charge in [-0.15, -0.1) is 0 Å². The summed E-state index contributed by atoms with van der Waals surface area (Å²) in [5, 5.41) is 10.2. The number of methoxy groups -OCH3 is 2. The third-order valence-corrected chi connectivity index (χ3v) is 16.4. The molecule has 0 saturated heterocycles. The minimum atomic E-state index is -5.04. The van der Waals surface area contributed by atoms with Gasteiger partial charge in [-0.2, -0.15) is 38.2 Å². The van der Waals surface area contributed by atoms with Crippen molar-refractivity contribution in [3.05, 3.63) is 113 Å². The van der Waals surface area contributed by atoms with Gasteiger partial charge >= 0.3 is 5.97 Å². The van der Waals surface area contributed by atoms with E-state index in [2.05, 4.69) is 4.58 Å². The summed E-state index contributed by atoms with van der Waals surface area (Å²) in [6.45, 7) is 7.09. The number of carbonyl (C=O) groups is 1. The maximum absolute atomic E-state index is 12.7. The van der Waals surface area contributed by atoms with Gasteiger partial charge in [-0.25, -0.2) is 0 Å². The predicted octanol–water partition coefficient (Wildman–Crippen LogP) is 7.59. The first-order valence-corrected chi connectivity index (χ1v) is 28.5. The summed E-state index contributed by atoms with van der Waals surface area (Å²) in [5.41, 5.74) is 2.80. The first kappa shape index (κ1) is 55.2. The molecule has 1 atom stereocenters. The van der Waals surface area contributed by atoms with E-state index in [1.54, 1.807) is 56.5 Å². The molecule has 2 aliphatic rings. The monoisotopic (exact) mass is 1060 g/mol. The summed E-state index contributed by atoms with van der Waals surface area (Å²) in [4.78, 5) is 11.3. The lowest BCUT2D eigenvalue weighted by Gasteiger charge is -2.30. The van der Waals surface area contributed by atoms with Crippen molar-refractivity contribution in [1.29, 1.82) is 0 Å². The maximum atomic E-state index is 12.7. The van der Waals surface area contributed by atoms with E-state index in [0.29, 0.717) is 78.2 Å². The van der Waals surface area contributed by atoms with E-state index in [1.807, 2.05) is 43.0 Å². The van der Waals surface area contributed by atoms with Gasteiger partial charge in [0.25, 0.3) is 40.5 Å². The average molecular weight is 1060 g/mol. The number of rotatable bonds is 23. The van der Waals surface area contributed by atoms with Crippen LogP contribution >= 0.6 is 0 Å². The number of carboxylic acid groups (broad SMARTS) is 1. The highest BCUT2D eigenvalue weighted by Crippen LogP contribution is 2.54. The maximum Gasteiger partial charge on any atom is 0.303 e. The van der Waals surface area contributed by atoms with Crippen LogP contribution in [0.4, 0.5) is 11.4 Å². The van der Waals surface area contributed by atoms with E-state index in [9.17, 15) is 61.8 Å². The number of anilines is 1. The standard InChI is InChI=1S/C49H58N2O16S4/c1-48(2)43(50(24-13-9-12-17-45(52)53)39-20-18-35-37(46(39)48)29-33(22-26-66-4)30-41(35)70(60,61)62)15-10-7-6-8-11-16-44-49(3,23-14-28-68(54,55)56)47-38-31-34(69(57,58)59)32-42(71(63,64)65)36(38)19-21-40(47)51(44)25-27-67-5/h6-8,10-11,15-16,18-21,29-32H,9,12-14,17,22-28H2,1-5H3,(H4-,52,53,54,55,56,57,58,59,60,61,62,63,64,65)/p+1. The molecule has 2 heterocycles. The van der Waals surface area contributed by atoms with Gasteiger partial charge in [0, 0.05) is 78.9 Å². The van der Waals surface area contributed by atoms with E-state index < -0.39 is 72.8 Å². The van der Waals surface area contributed by atoms with Crippen LogP contribution in [0.2, 0.25) is 0 Å². The van der Waals surface area contributed by atoms with E-state index in [-0.39, 0.29) is 48.1 Å². The van der Waals surface area contributed by atoms with Crippen molar-refractivity contribution in [2.75, 3.05) is 51.2 Å². The molecular weight excluding hydrogens is 1000 g/mol. The summed E-state index contributed by atoms with van der Waals surface area (Å²) in [5.74, 6) is -1.50. The van der Waals surface area contributed by atoms with Crippen molar-refractivity contribution < 1.29 is 75.8 Å². The Hall–Kier alpha value is -5.14. The molecule has 384 valence electrons. The fraction of sp³-hybridized carbons (Fsp3) is 0.388. The molecule has 71 heavy (non-hydrogen) atoms. The molecule has 2 aliphatic heterocycles. The second-order valence-electron chi connectivity index (χ2n) is 18.2. The molecule has 22 heteroatoms. The molecule has 0 aromatic heterocycles. The highest BCUT2D eigenvalue weighted by Gasteiger charge is 2.47. The van der Waals surface area contributed by atoms with Crippen LogP contribution in [0.3, 0.4) is 0 Å². The highest BCUT2D eigenvalue weighted by molar-refractivity contribution is 7.87. The fourth-order valence-corrected chi connectivity index (χ4v) is 12.5. The Bertz CT molecular complexity index is 3380. The van der Waals surface area contributed by atoms with Crippen LogP contribution in [-0.2, 0) is 72.0 Å². The predicted molar refractivity (Wildman–Crippen MR) is 270 cm³/mol. The zero-order valence-electron chi connectivity index (χ0n) is 39.9. The number of hydrogen-bond acceptors (Lipinski definition) is 12. The molecule has 18 nitrogen and oxygen atoms in total. The third kappa shape index (κ3) is 12.2. The van der Waals surface area contributed by atoms with Crippen molar-refractivity contribution in [2.24, 2.45) is 0 Å². The summed E-state index contributed by atoms with van der Waals surface area (Å²) < 4.78 is 153. The molecule has 0 spiro atoms. The summed E-state index contributed by atoms with van der Waals surface area (Å²) >= 11 is 0. The SMILES string of the molecule is COCCc1cc(S(=O)(=O)O)c2ccc3c(c2c1)C(C)(C)C(C=CC=CC=CC=C1N(CCOC)c2ccc4c(S(=O)(=O)O)cc(S(=O)(=O)O)cc4c2C1(C)CCCS(=O)(=O)O)=[N+]3CCCCCC(=O)O. The first-order valence-electron chi connectivity index (χ1n) is 22.6. The van der Waals surface area contributed by atoms with Crippen molar-refractivity contribution in [3.63, 3.8) is 0 Å². The topological polar surface area (TPSA) is 279 Å². The molecular formula is C49H59N2O16S4+. The molecule has 0 aliphatic carbocycles. The zero-order chi connectivity index (χ0) is 52.3. The molecule has 4 aromatic rings. The number of aliphatic carboxylic acids is 1. The number of carboxylic acids is 1. The second kappa shape index (κ2) is 21.5. The van der Waals surface area contributed by atoms with Crippen molar-refractivity contribution in [2.45, 2.75) is 91.2 Å². The lowest BCUT2D eigenvalue weighted by atomic mass is 9.75. The Morgan fingerprint density at radius 3 is 1.93 bits per heavy atom. The van der Waals surface area contributed by atoms with Crippen LogP contribution in [0.15, 0.2) is 111 Å². The smallest absolute Gasteiger partial charge is 0.303 e. The van der Waals surface area contributed by atoms with Gasteiger partial charge in [0.2, 0.25) is 5.69 Å². The van der Waals surface area contributed by atoms with Crippen LogP contribution in [-0.4, -0.2) is 120 Å². The number of nitrogens with zero attached hydrogens (tertiary/aromatic N) is 2. The van der Waals surface area contributed by atoms with Crippen LogP contribution in [0, 0.1) is 0 Å². The van der Waals surface area contributed by atoms with Gasteiger partial charge in [-0.05, 0) is 111 Å². The minimum Gasteiger partial charge on any atom is -0.481 e. The van der Waals surface area contributed by atoms with Crippen LogP contribution in [0.1, 0.15) is 76.0 Å². The fourth-order valence-electron chi connectivity index (χ4n) is 9.89. The summed E-state index contributed by atoms with van der Waals surface area (Å²) in [7, 11) is -16.0. The largest absolute Gasteiger partial charge is 0.481 e. The van der Waals surface area contributed by atoms with Gasteiger partial charge in [0.05, 0.1) is 29.3 Å². The van der Waals surface area contributed by atoms with Crippen molar-refractivity contribution in [3.8, 4) is 0 Å². The van der Waals surface area contributed by atoms with E-state index in [1.165, 1.54) is 19.2 Å². The molecule has 4 aromatic carbocycles. The highest BCUT2D eigenvalue weighted by atomic mass is 32.2. The number of fused-ring (bicyclic) bond motifs is 6. The Balaban J connectivity index is 1.42. The normalized spacial score (nSPS) is 18.1. The van der Waals surface area contributed by atoms with Gasteiger partial charge in [0.1, 0.15) is 16.3 Å². The van der Waals surface area contributed by atoms with Crippen LogP contribution in [0.5, 0.6) is 0 Å². The van der Waals surface area contributed by atoms with Crippen molar-refractivity contribution >= 4 is 85.1 Å². The summed E-state index contributed by atoms with van der Waals surface area (Å²) in [6, 6.07) is 11.7. The molecule has 0 radical (unpaired) electrons. The lowest BCUT2D eigenvalue weighted by Crippen LogP contribution is -2.31. The van der Waals surface area contributed by atoms with Crippen LogP contribution in [0.25, 0.3) is 21.5 Å². The molecule has 0 bridgehead atoms. The quantitative estimate of drug-likeness (QED) is 0.0207. The summed E-state index contributed by atoms with van der Waals surface area (Å²) in [6.07, 6.45) is 14.8. The number of benzene rings is 4. The first-order chi connectivity index (χ1) is 33.1. The molecule has 0 saturated carbocycles. The zero-order valence-corrected chi connectivity index (χ0v) is 43.2. The Kier molecular flexibility index (Phi) is 16.7. The van der Waals surface area contributed by atoms with E-state index in [0.717, 1.165) is 23.0 Å². The van der Waals surface area contributed by atoms with Crippen LogP contribution < -0.4 is 4.90 Å².